The minimum Gasteiger partial charge on any atom is -0.342 e. The van der Waals surface area contributed by atoms with Gasteiger partial charge in [0.25, 0.3) is 5.91 Å². The lowest BCUT2D eigenvalue weighted by atomic mass is 10.2. The summed E-state index contributed by atoms with van der Waals surface area (Å²) in [6, 6.07) is 14.7. The molecule has 1 amide bonds. The fourth-order valence-corrected chi connectivity index (χ4v) is 2.87. The molecule has 0 bridgehead atoms. The molecule has 0 radical (unpaired) electrons. The van der Waals surface area contributed by atoms with Gasteiger partial charge < -0.3 is 10.6 Å². The Balaban J connectivity index is 1.58. The maximum absolute atomic E-state index is 13.9. The number of aromatic nitrogens is 4. The first-order valence-corrected chi connectivity index (χ1v) is 8.70. The molecule has 3 heterocycles. The van der Waals surface area contributed by atoms with Gasteiger partial charge in [-0.2, -0.15) is 0 Å². The number of para-hydroxylation sites is 1. The summed E-state index contributed by atoms with van der Waals surface area (Å²) in [6.07, 6.45) is 3.37. The van der Waals surface area contributed by atoms with Crippen LogP contribution in [0, 0.1) is 5.82 Å². The highest BCUT2D eigenvalue weighted by atomic mass is 19.1. The Bertz CT molecular complexity index is 1140. The summed E-state index contributed by atoms with van der Waals surface area (Å²) in [7, 11) is 0. The van der Waals surface area contributed by atoms with E-state index in [-0.39, 0.29) is 17.4 Å². The molecule has 0 aliphatic rings. The van der Waals surface area contributed by atoms with Crippen LogP contribution in [0.15, 0.2) is 67.0 Å². The molecule has 1 unspecified atom stereocenters. The molecule has 4 aromatic rings. The molecule has 0 fully saturated rings. The molecule has 4 rings (SSSR count). The van der Waals surface area contributed by atoms with E-state index in [9.17, 15) is 9.18 Å². The summed E-state index contributed by atoms with van der Waals surface area (Å²) in [5.74, 6) is 0.0924. The topological polar surface area (TPSA) is 84.2 Å². The number of halogens is 1. The lowest BCUT2D eigenvalue weighted by molar-refractivity contribution is 0.0938. The first-order chi connectivity index (χ1) is 13.6. The van der Waals surface area contributed by atoms with Crippen LogP contribution in [0.1, 0.15) is 29.1 Å². The van der Waals surface area contributed by atoms with Crippen molar-refractivity contribution in [1.82, 2.24) is 24.9 Å². The molecule has 0 aliphatic heterocycles. The number of nitrogens with one attached hydrogen (secondary N) is 2. The van der Waals surface area contributed by atoms with E-state index in [0.29, 0.717) is 17.0 Å². The maximum Gasteiger partial charge on any atom is 0.255 e. The molecule has 0 saturated carbocycles. The smallest absolute Gasteiger partial charge is 0.255 e. The Morgan fingerprint density at radius 1 is 1.07 bits per heavy atom. The molecule has 28 heavy (non-hydrogen) atoms. The minimum atomic E-state index is -0.428. The summed E-state index contributed by atoms with van der Waals surface area (Å²) in [4.78, 5) is 17.0. The average Bonchev–Trinajstić information content (AvgIpc) is 3.14. The lowest BCUT2D eigenvalue weighted by Gasteiger charge is -2.15. The molecule has 7 nitrogen and oxygen atoms in total. The molecule has 0 spiro atoms. The van der Waals surface area contributed by atoms with Crippen LogP contribution in [0.5, 0.6) is 0 Å². The van der Waals surface area contributed by atoms with Gasteiger partial charge in [0.15, 0.2) is 11.5 Å². The van der Waals surface area contributed by atoms with Crippen molar-refractivity contribution < 1.29 is 9.18 Å². The van der Waals surface area contributed by atoms with E-state index >= 15 is 0 Å². The number of carbonyl (C=O) groups is 1. The van der Waals surface area contributed by atoms with Crippen LogP contribution in [0.4, 0.5) is 15.9 Å². The molecule has 0 saturated heterocycles. The van der Waals surface area contributed by atoms with Gasteiger partial charge in [-0.3, -0.25) is 9.20 Å². The van der Waals surface area contributed by atoms with Crippen LogP contribution in [0.25, 0.3) is 5.65 Å². The van der Waals surface area contributed by atoms with Gasteiger partial charge in [-0.15, -0.1) is 10.2 Å². The second kappa shape index (κ2) is 7.43. The van der Waals surface area contributed by atoms with Gasteiger partial charge in [0.05, 0.1) is 17.3 Å². The SMILES string of the molecule is CC(NC(=O)c1cccnc1Nc1ccccc1F)c1nnc2ccccn12. The Morgan fingerprint density at radius 3 is 2.75 bits per heavy atom. The lowest BCUT2D eigenvalue weighted by Crippen LogP contribution is -2.28. The van der Waals surface area contributed by atoms with Gasteiger partial charge in [0.1, 0.15) is 11.6 Å². The van der Waals surface area contributed by atoms with Crippen LogP contribution in [-0.4, -0.2) is 25.5 Å². The highest BCUT2D eigenvalue weighted by molar-refractivity contribution is 5.99. The number of hydrogen-bond donors (Lipinski definition) is 2. The number of anilines is 2. The molecular formula is C20H17FN6O. The van der Waals surface area contributed by atoms with E-state index in [4.69, 9.17) is 0 Å². The molecule has 0 aliphatic carbocycles. The third kappa shape index (κ3) is 3.39. The predicted octanol–water partition coefficient (Wildman–Crippen LogP) is 3.50. The van der Waals surface area contributed by atoms with Gasteiger partial charge in [-0.05, 0) is 43.3 Å². The van der Waals surface area contributed by atoms with Crippen LogP contribution in [-0.2, 0) is 0 Å². The first-order valence-electron chi connectivity index (χ1n) is 8.70. The van der Waals surface area contributed by atoms with E-state index < -0.39 is 11.9 Å². The van der Waals surface area contributed by atoms with E-state index in [0.717, 1.165) is 0 Å². The summed E-state index contributed by atoms with van der Waals surface area (Å²) in [5.41, 5.74) is 1.24. The quantitative estimate of drug-likeness (QED) is 0.557. The zero-order valence-electron chi connectivity index (χ0n) is 15.0. The number of carbonyl (C=O) groups excluding carboxylic acids is 1. The number of nitrogens with zero attached hydrogens (tertiary/aromatic N) is 4. The molecule has 140 valence electrons. The largest absolute Gasteiger partial charge is 0.342 e. The number of rotatable bonds is 5. The Kier molecular flexibility index (Phi) is 4.67. The summed E-state index contributed by atoms with van der Waals surface area (Å²) in [5, 5.41) is 14.0. The minimum absolute atomic E-state index is 0.242. The van der Waals surface area contributed by atoms with Crippen molar-refractivity contribution in [2.24, 2.45) is 0 Å². The van der Waals surface area contributed by atoms with Gasteiger partial charge in [0, 0.05) is 12.4 Å². The molecule has 1 aromatic carbocycles. The third-order valence-corrected chi connectivity index (χ3v) is 4.25. The summed E-state index contributed by atoms with van der Waals surface area (Å²) in [6.45, 7) is 1.82. The number of amides is 1. The summed E-state index contributed by atoms with van der Waals surface area (Å²) >= 11 is 0. The Hall–Kier alpha value is -3.81. The average molecular weight is 376 g/mol. The molecule has 1 atom stereocenters. The van der Waals surface area contributed by atoms with Gasteiger partial charge in [0.2, 0.25) is 0 Å². The van der Waals surface area contributed by atoms with E-state index in [1.54, 1.807) is 30.3 Å². The zero-order chi connectivity index (χ0) is 19.5. The second-order valence-electron chi connectivity index (χ2n) is 6.19. The van der Waals surface area contributed by atoms with Crippen molar-refractivity contribution in [2.75, 3.05) is 5.32 Å². The van der Waals surface area contributed by atoms with E-state index in [1.165, 1.54) is 12.3 Å². The van der Waals surface area contributed by atoms with Crippen molar-refractivity contribution in [1.29, 1.82) is 0 Å². The summed E-state index contributed by atoms with van der Waals surface area (Å²) < 4.78 is 15.8. The van der Waals surface area contributed by atoms with E-state index in [2.05, 4.69) is 25.8 Å². The van der Waals surface area contributed by atoms with Crippen LogP contribution >= 0.6 is 0 Å². The fourth-order valence-electron chi connectivity index (χ4n) is 2.87. The van der Waals surface area contributed by atoms with Gasteiger partial charge in [-0.1, -0.05) is 18.2 Å². The van der Waals surface area contributed by atoms with Crippen molar-refractivity contribution >= 4 is 23.1 Å². The first kappa shape index (κ1) is 17.6. The predicted molar refractivity (Wildman–Crippen MR) is 103 cm³/mol. The number of benzene rings is 1. The number of pyridine rings is 2. The van der Waals surface area contributed by atoms with Gasteiger partial charge in [-0.25, -0.2) is 9.37 Å². The van der Waals surface area contributed by atoms with Crippen molar-refractivity contribution in [3.8, 4) is 0 Å². The second-order valence-corrected chi connectivity index (χ2v) is 6.19. The monoisotopic (exact) mass is 376 g/mol. The molecular weight excluding hydrogens is 359 g/mol. The van der Waals surface area contributed by atoms with E-state index in [1.807, 2.05) is 35.7 Å². The standard InChI is InChI=1S/C20H17FN6O/c1-13(19-26-25-17-10-4-5-12-27(17)19)23-20(28)14-7-6-11-22-18(14)24-16-9-3-2-8-15(16)21/h2-13H,1H3,(H,22,24)(H,23,28). The third-order valence-electron chi connectivity index (χ3n) is 4.25. The van der Waals surface area contributed by atoms with Crippen LogP contribution < -0.4 is 10.6 Å². The molecule has 2 N–H and O–H groups in total. The number of fused-ring (bicyclic) bond motifs is 1. The number of hydrogen-bond acceptors (Lipinski definition) is 5. The van der Waals surface area contributed by atoms with Crippen LogP contribution in [0.2, 0.25) is 0 Å². The fraction of sp³-hybridized carbons (Fsp3) is 0.100. The highest BCUT2D eigenvalue weighted by Gasteiger charge is 2.19. The van der Waals surface area contributed by atoms with Crippen molar-refractivity contribution in [3.63, 3.8) is 0 Å². The van der Waals surface area contributed by atoms with Crippen molar-refractivity contribution in [2.45, 2.75) is 13.0 Å². The van der Waals surface area contributed by atoms with Crippen molar-refractivity contribution in [3.05, 3.63) is 84.2 Å². The Morgan fingerprint density at radius 2 is 1.89 bits per heavy atom. The maximum atomic E-state index is 13.9. The van der Waals surface area contributed by atoms with Gasteiger partial charge >= 0.3 is 0 Å². The normalized spacial score (nSPS) is 11.9. The molecule has 3 aromatic heterocycles. The Labute approximate surface area is 160 Å². The highest BCUT2D eigenvalue weighted by Crippen LogP contribution is 2.22. The molecule has 8 heteroatoms. The zero-order valence-corrected chi connectivity index (χ0v) is 15.0. The van der Waals surface area contributed by atoms with Crippen LogP contribution in [0.3, 0.4) is 0 Å².